The van der Waals surface area contributed by atoms with Crippen LogP contribution in [0.25, 0.3) is 0 Å². The molecule has 6 heteroatoms. The smallest absolute Gasteiger partial charge is 0.171 e. The van der Waals surface area contributed by atoms with Crippen molar-refractivity contribution in [1.82, 2.24) is 4.98 Å². The normalized spacial score (nSPS) is 16.7. The number of rotatable bonds is 5. The van der Waals surface area contributed by atoms with Crippen LogP contribution in [-0.4, -0.2) is 38.1 Å². The molecule has 134 valence electrons. The van der Waals surface area contributed by atoms with Crippen LogP contribution in [0.5, 0.6) is 11.5 Å². The first-order valence-corrected chi connectivity index (χ1v) is 8.54. The Kier molecular flexibility index (Phi) is 5.37. The van der Waals surface area contributed by atoms with Gasteiger partial charge >= 0.3 is 0 Å². The Hall–Kier alpha value is -3.07. The standard InChI is InChI=1S/C20H21N3O3/c1-25-16-8-9-17(18(11-16)26-2)20(24)14-5-4-10-23(13-14)19-7-3-6-15(12-21)22-19/h3,6-9,11,14H,4-5,10,13H2,1-2H3/t14-/m0/s1. The number of nitriles is 1. The second-order valence-electron chi connectivity index (χ2n) is 6.21. The Morgan fingerprint density at radius 1 is 1.27 bits per heavy atom. The topological polar surface area (TPSA) is 75.5 Å². The molecule has 0 spiro atoms. The maximum atomic E-state index is 13.1. The monoisotopic (exact) mass is 351 g/mol. The van der Waals surface area contributed by atoms with Gasteiger partial charge in [0.2, 0.25) is 0 Å². The molecule has 26 heavy (non-hydrogen) atoms. The van der Waals surface area contributed by atoms with Crippen molar-refractivity contribution in [3.63, 3.8) is 0 Å². The number of carbonyl (C=O) groups is 1. The average Bonchev–Trinajstić information content (AvgIpc) is 2.72. The predicted octanol–water partition coefficient (Wildman–Crippen LogP) is 3.07. The van der Waals surface area contributed by atoms with Gasteiger partial charge in [0.15, 0.2) is 5.78 Å². The minimum atomic E-state index is -0.140. The first-order chi connectivity index (χ1) is 12.7. The summed E-state index contributed by atoms with van der Waals surface area (Å²) in [5.74, 6) is 1.84. The number of methoxy groups -OCH3 is 2. The van der Waals surface area contributed by atoms with E-state index in [0.717, 1.165) is 25.2 Å². The lowest BCUT2D eigenvalue weighted by molar-refractivity contribution is 0.0904. The van der Waals surface area contributed by atoms with E-state index in [4.69, 9.17) is 14.7 Å². The van der Waals surface area contributed by atoms with Gasteiger partial charge in [-0.2, -0.15) is 5.26 Å². The number of hydrogen-bond acceptors (Lipinski definition) is 6. The molecule has 2 heterocycles. The summed E-state index contributed by atoms with van der Waals surface area (Å²) in [7, 11) is 3.13. The van der Waals surface area contributed by atoms with Gasteiger partial charge in [-0.15, -0.1) is 0 Å². The first kappa shape index (κ1) is 17.7. The molecule has 0 radical (unpaired) electrons. The molecular formula is C20H21N3O3. The van der Waals surface area contributed by atoms with Gasteiger partial charge in [0, 0.05) is 25.1 Å². The van der Waals surface area contributed by atoms with Crippen molar-refractivity contribution in [3.8, 4) is 17.6 Å². The molecule has 0 saturated carbocycles. The molecule has 0 N–H and O–H groups in total. The third kappa shape index (κ3) is 3.62. The summed E-state index contributed by atoms with van der Waals surface area (Å²) < 4.78 is 10.6. The van der Waals surface area contributed by atoms with Crippen LogP contribution in [0.2, 0.25) is 0 Å². The fraction of sp³-hybridized carbons (Fsp3) is 0.350. The van der Waals surface area contributed by atoms with Gasteiger partial charge in [-0.1, -0.05) is 6.07 Å². The quantitative estimate of drug-likeness (QED) is 0.771. The Morgan fingerprint density at radius 2 is 2.12 bits per heavy atom. The third-order valence-electron chi connectivity index (χ3n) is 4.64. The number of anilines is 1. The molecule has 1 atom stereocenters. The number of hydrogen-bond donors (Lipinski definition) is 0. The largest absolute Gasteiger partial charge is 0.497 e. The van der Waals surface area contributed by atoms with Crippen molar-refractivity contribution in [2.24, 2.45) is 5.92 Å². The second-order valence-corrected chi connectivity index (χ2v) is 6.21. The molecule has 0 aliphatic carbocycles. The lowest BCUT2D eigenvalue weighted by atomic mass is 9.89. The lowest BCUT2D eigenvalue weighted by Gasteiger charge is -2.33. The molecule has 1 saturated heterocycles. The SMILES string of the molecule is COc1ccc(C(=O)[C@H]2CCCN(c3cccc(C#N)n3)C2)c(OC)c1. The predicted molar refractivity (Wildman–Crippen MR) is 97.8 cm³/mol. The minimum Gasteiger partial charge on any atom is -0.497 e. The van der Waals surface area contributed by atoms with Crippen LogP contribution in [0.4, 0.5) is 5.82 Å². The molecule has 1 fully saturated rings. The summed E-state index contributed by atoms with van der Waals surface area (Å²) >= 11 is 0. The van der Waals surface area contributed by atoms with E-state index in [2.05, 4.69) is 16.0 Å². The number of ether oxygens (including phenoxy) is 2. The highest BCUT2D eigenvalue weighted by atomic mass is 16.5. The average molecular weight is 351 g/mol. The summed E-state index contributed by atoms with van der Waals surface area (Å²) in [5, 5.41) is 9.04. The highest BCUT2D eigenvalue weighted by Gasteiger charge is 2.29. The van der Waals surface area contributed by atoms with E-state index >= 15 is 0 Å². The van der Waals surface area contributed by atoms with Crippen LogP contribution in [0.15, 0.2) is 36.4 Å². The molecule has 0 bridgehead atoms. The summed E-state index contributed by atoms with van der Waals surface area (Å²) in [6.07, 6.45) is 1.72. The van der Waals surface area contributed by atoms with E-state index in [1.165, 1.54) is 0 Å². The fourth-order valence-electron chi connectivity index (χ4n) is 3.28. The number of benzene rings is 1. The van der Waals surface area contributed by atoms with Crippen molar-refractivity contribution < 1.29 is 14.3 Å². The van der Waals surface area contributed by atoms with Crippen molar-refractivity contribution in [2.75, 3.05) is 32.2 Å². The Balaban J connectivity index is 1.81. The van der Waals surface area contributed by atoms with E-state index in [9.17, 15) is 4.79 Å². The van der Waals surface area contributed by atoms with Crippen LogP contribution in [0.1, 0.15) is 28.9 Å². The number of nitrogens with zero attached hydrogens (tertiary/aromatic N) is 3. The van der Waals surface area contributed by atoms with Crippen molar-refractivity contribution in [1.29, 1.82) is 5.26 Å². The molecule has 1 aromatic carbocycles. The van der Waals surface area contributed by atoms with Crippen LogP contribution >= 0.6 is 0 Å². The van der Waals surface area contributed by atoms with Gasteiger partial charge in [0.1, 0.15) is 29.1 Å². The zero-order chi connectivity index (χ0) is 18.5. The van der Waals surface area contributed by atoms with Gasteiger partial charge in [0.05, 0.1) is 19.8 Å². The summed E-state index contributed by atoms with van der Waals surface area (Å²) in [6.45, 7) is 1.40. The molecule has 0 unspecified atom stereocenters. The number of pyridine rings is 1. The zero-order valence-corrected chi connectivity index (χ0v) is 14.9. The van der Waals surface area contributed by atoms with E-state index in [1.807, 2.05) is 12.1 Å². The van der Waals surface area contributed by atoms with E-state index < -0.39 is 0 Å². The maximum absolute atomic E-state index is 13.1. The molecule has 1 aromatic heterocycles. The van der Waals surface area contributed by atoms with Crippen molar-refractivity contribution >= 4 is 11.6 Å². The molecule has 1 aliphatic rings. The Morgan fingerprint density at radius 3 is 2.85 bits per heavy atom. The third-order valence-corrected chi connectivity index (χ3v) is 4.64. The molecule has 6 nitrogen and oxygen atoms in total. The molecule has 3 rings (SSSR count). The van der Waals surface area contributed by atoms with Crippen LogP contribution in [-0.2, 0) is 0 Å². The number of carbonyl (C=O) groups excluding carboxylic acids is 1. The highest BCUT2D eigenvalue weighted by Crippen LogP contribution is 2.30. The number of ketones is 1. The molecule has 0 amide bonds. The zero-order valence-electron chi connectivity index (χ0n) is 14.9. The van der Waals surface area contributed by atoms with Gasteiger partial charge in [0.25, 0.3) is 0 Å². The maximum Gasteiger partial charge on any atom is 0.171 e. The first-order valence-electron chi connectivity index (χ1n) is 8.54. The molecule has 1 aliphatic heterocycles. The van der Waals surface area contributed by atoms with Crippen LogP contribution < -0.4 is 14.4 Å². The van der Waals surface area contributed by atoms with Crippen molar-refractivity contribution in [3.05, 3.63) is 47.7 Å². The number of aromatic nitrogens is 1. The number of Topliss-reactive ketones (excluding diaryl/α,β-unsaturated/α-hetero) is 1. The lowest BCUT2D eigenvalue weighted by Crippen LogP contribution is -2.39. The van der Waals surface area contributed by atoms with Crippen LogP contribution in [0, 0.1) is 17.2 Å². The number of piperidine rings is 1. The van der Waals surface area contributed by atoms with Gasteiger partial charge < -0.3 is 14.4 Å². The summed E-state index contributed by atoms with van der Waals surface area (Å²) in [5.41, 5.74) is 0.951. The second kappa shape index (κ2) is 7.87. The van der Waals surface area contributed by atoms with Gasteiger partial charge in [-0.05, 0) is 37.1 Å². The van der Waals surface area contributed by atoms with Gasteiger partial charge in [-0.3, -0.25) is 4.79 Å². The van der Waals surface area contributed by atoms with Crippen LogP contribution in [0.3, 0.4) is 0 Å². The molecule has 2 aromatic rings. The Labute approximate surface area is 153 Å². The fourth-order valence-corrected chi connectivity index (χ4v) is 3.28. The minimum absolute atomic E-state index is 0.0608. The highest BCUT2D eigenvalue weighted by molar-refractivity contribution is 6.01. The van der Waals surface area contributed by atoms with E-state index in [0.29, 0.717) is 29.3 Å². The van der Waals surface area contributed by atoms with Gasteiger partial charge in [-0.25, -0.2) is 4.98 Å². The van der Waals surface area contributed by atoms with Crippen molar-refractivity contribution in [2.45, 2.75) is 12.8 Å². The van der Waals surface area contributed by atoms with E-state index in [1.54, 1.807) is 38.5 Å². The Bertz CT molecular complexity index is 844. The summed E-state index contributed by atoms with van der Waals surface area (Å²) in [6, 6.07) is 12.7. The summed E-state index contributed by atoms with van der Waals surface area (Å²) in [4.78, 5) is 19.5. The van der Waals surface area contributed by atoms with E-state index in [-0.39, 0.29) is 11.7 Å². The molecular weight excluding hydrogens is 330 g/mol.